The number of carbonyl (C=O) groups is 1. The maximum Gasteiger partial charge on any atom is 0.254 e. The molecule has 4 heteroatoms. The van der Waals surface area contributed by atoms with E-state index in [0.717, 1.165) is 42.1 Å². The van der Waals surface area contributed by atoms with Crippen LogP contribution in [0.2, 0.25) is 0 Å². The first kappa shape index (κ1) is 17.1. The number of unbranched alkanes of at least 4 members (excludes halogenated alkanes) is 1. The first-order valence-electron chi connectivity index (χ1n) is 7.79. The van der Waals surface area contributed by atoms with Crippen LogP contribution in [-0.4, -0.2) is 23.9 Å². The Morgan fingerprint density at radius 1 is 1.18 bits per heavy atom. The van der Waals surface area contributed by atoms with Gasteiger partial charge in [0, 0.05) is 28.6 Å². The highest BCUT2D eigenvalue weighted by atomic mass is 32.2. The minimum Gasteiger partial charge on any atom is -0.339 e. The molecule has 0 N–H and O–H groups in total. The molecule has 0 unspecified atom stereocenters. The second-order valence-corrected chi connectivity index (χ2v) is 7.15. The second kappa shape index (κ2) is 9.01. The molecule has 2 nitrogen and oxygen atoms in total. The van der Waals surface area contributed by atoms with Crippen LogP contribution in [0.15, 0.2) is 46.7 Å². The maximum absolute atomic E-state index is 12.8. The molecule has 0 saturated heterocycles. The van der Waals surface area contributed by atoms with Crippen molar-refractivity contribution in [2.45, 2.75) is 37.3 Å². The Kier molecular flexibility index (Phi) is 7.00. The summed E-state index contributed by atoms with van der Waals surface area (Å²) in [5.74, 6) is 1.08. The van der Waals surface area contributed by atoms with Crippen molar-refractivity contribution < 1.29 is 4.79 Å². The minimum atomic E-state index is 0.158. The number of nitrogens with zero attached hydrogens (tertiary/aromatic N) is 1. The molecule has 0 spiro atoms. The number of hydrogen-bond donors (Lipinski definition) is 0. The number of rotatable bonds is 8. The van der Waals surface area contributed by atoms with Crippen LogP contribution in [0.5, 0.6) is 0 Å². The summed E-state index contributed by atoms with van der Waals surface area (Å²) in [6.07, 6.45) is 2.17. The molecular formula is C18H23NOS2. The molecule has 1 amide bonds. The molecule has 22 heavy (non-hydrogen) atoms. The predicted molar refractivity (Wildman–Crippen MR) is 96.8 cm³/mol. The first-order valence-corrected chi connectivity index (χ1v) is 9.66. The maximum atomic E-state index is 12.8. The van der Waals surface area contributed by atoms with Gasteiger partial charge in [-0.1, -0.05) is 31.5 Å². The van der Waals surface area contributed by atoms with E-state index in [1.807, 2.05) is 23.1 Å². The zero-order valence-corrected chi connectivity index (χ0v) is 14.9. The molecule has 0 atom stereocenters. The molecule has 2 rings (SSSR count). The van der Waals surface area contributed by atoms with E-state index in [2.05, 4.69) is 37.4 Å². The van der Waals surface area contributed by atoms with E-state index < -0.39 is 0 Å². The normalized spacial score (nSPS) is 10.6. The highest BCUT2D eigenvalue weighted by Gasteiger charge is 2.17. The zero-order valence-electron chi connectivity index (χ0n) is 13.2. The molecule has 0 aliphatic rings. The Morgan fingerprint density at radius 2 is 2.00 bits per heavy atom. The molecule has 0 aliphatic carbocycles. The van der Waals surface area contributed by atoms with Gasteiger partial charge in [-0.3, -0.25) is 4.79 Å². The largest absolute Gasteiger partial charge is 0.339 e. The summed E-state index contributed by atoms with van der Waals surface area (Å²) >= 11 is 3.51. The SMILES string of the molecule is CCCCN(CC)C(=O)c1ccccc1SCc1cccs1. The molecule has 1 aromatic heterocycles. The van der Waals surface area contributed by atoms with Crippen molar-refractivity contribution in [3.8, 4) is 0 Å². The standard InChI is InChI=1S/C18H23NOS2/c1-3-5-12-19(4-2)18(20)16-10-6-7-11-17(16)22-14-15-9-8-13-21-15/h6-11,13H,3-5,12,14H2,1-2H3. The fourth-order valence-corrected chi connectivity index (χ4v) is 4.05. The zero-order chi connectivity index (χ0) is 15.8. The van der Waals surface area contributed by atoms with Crippen LogP contribution < -0.4 is 0 Å². The summed E-state index contributed by atoms with van der Waals surface area (Å²) in [6.45, 7) is 5.82. The molecule has 0 aliphatic heterocycles. The number of hydrogen-bond acceptors (Lipinski definition) is 3. The summed E-state index contributed by atoms with van der Waals surface area (Å²) in [6, 6.07) is 12.2. The van der Waals surface area contributed by atoms with Gasteiger partial charge in [0.2, 0.25) is 0 Å². The summed E-state index contributed by atoms with van der Waals surface area (Å²) in [5, 5.41) is 2.09. The molecule has 0 fully saturated rings. The van der Waals surface area contributed by atoms with Gasteiger partial charge < -0.3 is 4.90 Å². The molecule has 0 saturated carbocycles. The van der Waals surface area contributed by atoms with Crippen LogP contribution in [0.4, 0.5) is 0 Å². The van der Waals surface area contributed by atoms with E-state index in [1.54, 1.807) is 23.1 Å². The third-order valence-electron chi connectivity index (χ3n) is 3.52. The summed E-state index contributed by atoms with van der Waals surface area (Å²) in [7, 11) is 0. The second-order valence-electron chi connectivity index (χ2n) is 5.10. The number of thioether (sulfide) groups is 1. The van der Waals surface area contributed by atoms with E-state index >= 15 is 0 Å². The van der Waals surface area contributed by atoms with Gasteiger partial charge in [0.05, 0.1) is 5.56 Å². The lowest BCUT2D eigenvalue weighted by Gasteiger charge is -2.22. The van der Waals surface area contributed by atoms with Gasteiger partial charge in [0.25, 0.3) is 5.91 Å². The number of benzene rings is 1. The first-order chi connectivity index (χ1) is 10.8. The van der Waals surface area contributed by atoms with Crippen molar-refractivity contribution in [1.29, 1.82) is 0 Å². The van der Waals surface area contributed by atoms with Gasteiger partial charge in [-0.25, -0.2) is 0 Å². The highest BCUT2D eigenvalue weighted by molar-refractivity contribution is 7.98. The van der Waals surface area contributed by atoms with E-state index in [4.69, 9.17) is 0 Å². The van der Waals surface area contributed by atoms with Crippen LogP contribution >= 0.6 is 23.1 Å². The molecule has 2 aromatic rings. The van der Waals surface area contributed by atoms with Gasteiger partial charge in [-0.05, 0) is 36.9 Å². The number of carbonyl (C=O) groups excluding carboxylic acids is 1. The Bertz CT molecular complexity index is 581. The lowest BCUT2D eigenvalue weighted by molar-refractivity contribution is 0.0759. The predicted octanol–water partition coefficient (Wildman–Crippen LogP) is 5.30. The fourth-order valence-electron chi connectivity index (χ4n) is 2.24. The molecular weight excluding hydrogens is 310 g/mol. The summed E-state index contributed by atoms with van der Waals surface area (Å²) < 4.78 is 0. The van der Waals surface area contributed by atoms with Gasteiger partial charge >= 0.3 is 0 Å². The fraction of sp³-hybridized carbons (Fsp3) is 0.389. The van der Waals surface area contributed by atoms with Crippen molar-refractivity contribution in [2.75, 3.05) is 13.1 Å². The monoisotopic (exact) mass is 333 g/mol. The van der Waals surface area contributed by atoms with Crippen molar-refractivity contribution in [3.05, 3.63) is 52.2 Å². The molecule has 1 aromatic carbocycles. The van der Waals surface area contributed by atoms with Crippen LogP contribution in [0.1, 0.15) is 41.9 Å². The number of amides is 1. The van der Waals surface area contributed by atoms with Crippen LogP contribution in [0, 0.1) is 0 Å². The quantitative estimate of drug-likeness (QED) is 0.611. The Hall–Kier alpha value is -1.26. The Balaban J connectivity index is 2.10. The van der Waals surface area contributed by atoms with Gasteiger partial charge in [0.1, 0.15) is 0 Å². The molecule has 0 radical (unpaired) electrons. The van der Waals surface area contributed by atoms with E-state index in [9.17, 15) is 4.79 Å². The van der Waals surface area contributed by atoms with Crippen molar-refractivity contribution in [3.63, 3.8) is 0 Å². The van der Waals surface area contributed by atoms with Crippen molar-refractivity contribution in [2.24, 2.45) is 0 Å². The van der Waals surface area contributed by atoms with E-state index in [0.29, 0.717) is 0 Å². The Labute approximate surface area is 141 Å². The average Bonchev–Trinajstić information content (AvgIpc) is 3.07. The number of thiophene rings is 1. The lowest BCUT2D eigenvalue weighted by atomic mass is 10.2. The van der Waals surface area contributed by atoms with Gasteiger partial charge in [-0.2, -0.15) is 0 Å². The minimum absolute atomic E-state index is 0.158. The smallest absolute Gasteiger partial charge is 0.254 e. The van der Waals surface area contributed by atoms with Gasteiger partial charge in [0.15, 0.2) is 0 Å². The van der Waals surface area contributed by atoms with Crippen molar-refractivity contribution in [1.82, 2.24) is 4.90 Å². The van der Waals surface area contributed by atoms with E-state index in [1.165, 1.54) is 4.88 Å². The average molecular weight is 334 g/mol. The third-order valence-corrected chi connectivity index (χ3v) is 5.70. The van der Waals surface area contributed by atoms with Crippen LogP contribution in [0.25, 0.3) is 0 Å². The molecule has 118 valence electrons. The van der Waals surface area contributed by atoms with Gasteiger partial charge in [-0.15, -0.1) is 23.1 Å². The lowest BCUT2D eigenvalue weighted by Crippen LogP contribution is -2.32. The third kappa shape index (κ3) is 4.62. The van der Waals surface area contributed by atoms with Crippen LogP contribution in [0.3, 0.4) is 0 Å². The molecule has 0 bridgehead atoms. The highest BCUT2D eigenvalue weighted by Crippen LogP contribution is 2.28. The Morgan fingerprint density at radius 3 is 2.68 bits per heavy atom. The topological polar surface area (TPSA) is 20.3 Å². The summed E-state index contributed by atoms with van der Waals surface area (Å²) in [4.78, 5) is 17.1. The van der Waals surface area contributed by atoms with E-state index in [-0.39, 0.29) is 5.91 Å². The molecule has 1 heterocycles. The summed E-state index contributed by atoms with van der Waals surface area (Å²) in [5.41, 5.74) is 0.835. The van der Waals surface area contributed by atoms with Crippen LogP contribution in [-0.2, 0) is 5.75 Å². The van der Waals surface area contributed by atoms with Crippen molar-refractivity contribution >= 4 is 29.0 Å².